The van der Waals surface area contributed by atoms with Gasteiger partial charge in [-0.15, -0.1) is 0 Å². The van der Waals surface area contributed by atoms with Crippen LogP contribution in [-0.4, -0.2) is 47.8 Å². The Morgan fingerprint density at radius 1 is 1.29 bits per heavy atom. The molecule has 4 nitrogen and oxygen atoms in total. The lowest BCUT2D eigenvalue weighted by Crippen LogP contribution is -2.36. The molecular weight excluding hydrogens is 284 g/mol. The van der Waals surface area contributed by atoms with Crippen LogP contribution in [0.4, 0.5) is 0 Å². The lowest BCUT2D eigenvalue weighted by Gasteiger charge is -2.26. The third-order valence-corrected chi connectivity index (χ3v) is 5.67. The molecule has 2 aliphatic heterocycles. The molecule has 2 amide bonds. The summed E-state index contributed by atoms with van der Waals surface area (Å²) in [6.45, 7) is 5.21. The first-order valence-corrected chi connectivity index (χ1v) is 8.71. The predicted molar refractivity (Wildman–Crippen MR) is 83.4 cm³/mol. The third-order valence-electron chi connectivity index (χ3n) is 4.98. The van der Waals surface area contributed by atoms with Crippen LogP contribution >= 0.6 is 11.3 Å². The molecule has 0 radical (unpaired) electrons. The van der Waals surface area contributed by atoms with Crippen molar-refractivity contribution in [2.75, 3.05) is 26.2 Å². The molecule has 1 spiro atoms. The van der Waals surface area contributed by atoms with E-state index in [1.54, 1.807) is 11.3 Å². The fourth-order valence-corrected chi connectivity index (χ4v) is 4.25. The Hall–Kier alpha value is -1.36. The molecule has 1 aromatic rings. The molecular formula is C16H22N2O2S. The number of thiophene rings is 1. The number of carbonyl (C=O) groups is 2. The number of carbonyl (C=O) groups excluding carboxylic acids is 2. The quantitative estimate of drug-likeness (QED) is 0.843. The molecule has 1 atom stereocenters. The summed E-state index contributed by atoms with van der Waals surface area (Å²) >= 11 is 1.55. The van der Waals surface area contributed by atoms with E-state index in [0.717, 1.165) is 50.9 Å². The van der Waals surface area contributed by atoms with Crippen molar-refractivity contribution < 1.29 is 9.59 Å². The Bertz CT molecular complexity index is 528. The maximum absolute atomic E-state index is 12.6. The topological polar surface area (TPSA) is 40.6 Å². The van der Waals surface area contributed by atoms with Crippen LogP contribution in [0.25, 0.3) is 0 Å². The largest absolute Gasteiger partial charge is 0.342 e. The monoisotopic (exact) mass is 306 g/mol. The molecule has 2 aliphatic rings. The summed E-state index contributed by atoms with van der Waals surface area (Å²) < 4.78 is 0. The Labute approximate surface area is 129 Å². The van der Waals surface area contributed by atoms with Gasteiger partial charge in [-0.2, -0.15) is 11.3 Å². The molecule has 0 bridgehead atoms. The van der Waals surface area contributed by atoms with Gasteiger partial charge in [0.1, 0.15) is 0 Å². The zero-order valence-corrected chi connectivity index (χ0v) is 13.3. The first-order chi connectivity index (χ1) is 10.2. The second-order valence-corrected chi connectivity index (χ2v) is 6.85. The fraction of sp³-hybridized carbons (Fsp3) is 0.625. The van der Waals surface area contributed by atoms with E-state index in [-0.39, 0.29) is 11.3 Å². The standard InChI is InChI=1S/C16H22N2O2S/c1-2-17-9-6-16(15(17)20)5-3-8-18(10-7-16)14(19)13-4-11-21-12-13/h4,11-12H,2-3,5-10H2,1H3/t16-/m1/s1. The van der Waals surface area contributed by atoms with E-state index in [4.69, 9.17) is 0 Å². The highest BCUT2D eigenvalue weighted by atomic mass is 32.1. The van der Waals surface area contributed by atoms with Gasteiger partial charge in [-0.05, 0) is 44.1 Å². The molecule has 3 rings (SSSR count). The molecule has 0 unspecified atom stereocenters. The van der Waals surface area contributed by atoms with E-state index < -0.39 is 0 Å². The summed E-state index contributed by atoms with van der Waals surface area (Å²) in [5, 5.41) is 3.84. The van der Waals surface area contributed by atoms with Gasteiger partial charge in [0.25, 0.3) is 5.91 Å². The zero-order chi connectivity index (χ0) is 14.9. The molecule has 0 aliphatic carbocycles. The highest BCUT2D eigenvalue weighted by Gasteiger charge is 2.46. The van der Waals surface area contributed by atoms with Gasteiger partial charge in [-0.25, -0.2) is 0 Å². The maximum atomic E-state index is 12.6. The second kappa shape index (κ2) is 5.79. The van der Waals surface area contributed by atoms with E-state index >= 15 is 0 Å². The lowest BCUT2D eigenvalue weighted by atomic mass is 9.79. The minimum atomic E-state index is -0.195. The van der Waals surface area contributed by atoms with Crippen molar-refractivity contribution in [1.82, 2.24) is 9.80 Å². The van der Waals surface area contributed by atoms with Crippen LogP contribution in [0.3, 0.4) is 0 Å². The number of likely N-dealkylation sites (tertiary alicyclic amines) is 2. The lowest BCUT2D eigenvalue weighted by molar-refractivity contribution is -0.136. The van der Waals surface area contributed by atoms with Crippen molar-refractivity contribution in [3.63, 3.8) is 0 Å². The normalized spacial score (nSPS) is 26.4. The van der Waals surface area contributed by atoms with Gasteiger partial charge in [0.05, 0.1) is 11.0 Å². The van der Waals surface area contributed by atoms with E-state index in [9.17, 15) is 9.59 Å². The summed E-state index contributed by atoms with van der Waals surface area (Å²) in [6.07, 6.45) is 3.63. The Balaban J connectivity index is 1.70. The molecule has 0 N–H and O–H groups in total. The van der Waals surface area contributed by atoms with Crippen molar-refractivity contribution in [3.8, 4) is 0 Å². The van der Waals surface area contributed by atoms with E-state index in [2.05, 4.69) is 0 Å². The van der Waals surface area contributed by atoms with Crippen molar-refractivity contribution in [2.24, 2.45) is 5.41 Å². The summed E-state index contributed by atoms with van der Waals surface area (Å²) in [5.74, 6) is 0.431. The van der Waals surface area contributed by atoms with Crippen molar-refractivity contribution >= 4 is 23.2 Å². The maximum Gasteiger partial charge on any atom is 0.254 e. The van der Waals surface area contributed by atoms with E-state index in [0.29, 0.717) is 12.5 Å². The Morgan fingerprint density at radius 2 is 2.10 bits per heavy atom. The van der Waals surface area contributed by atoms with E-state index in [1.165, 1.54) is 0 Å². The third kappa shape index (κ3) is 2.59. The molecule has 0 aromatic carbocycles. The highest BCUT2D eigenvalue weighted by molar-refractivity contribution is 7.08. The molecule has 114 valence electrons. The molecule has 1 aromatic heterocycles. The molecule has 2 saturated heterocycles. The first-order valence-electron chi connectivity index (χ1n) is 7.77. The predicted octanol–water partition coefficient (Wildman–Crippen LogP) is 2.61. The van der Waals surface area contributed by atoms with Gasteiger partial charge >= 0.3 is 0 Å². The number of rotatable bonds is 2. The molecule has 5 heteroatoms. The smallest absolute Gasteiger partial charge is 0.254 e. The summed E-state index contributed by atoms with van der Waals surface area (Å²) in [4.78, 5) is 28.9. The number of hydrogen-bond acceptors (Lipinski definition) is 3. The molecule has 21 heavy (non-hydrogen) atoms. The van der Waals surface area contributed by atoms with Gasteiger partial charge in [-0.1, -0.05) is 0 Å². The van der Waals surface area contributed by atoms with Crippen LogP contribution in [0, 0.1) is 5.41 Å². The van der Waals surface area contributed by atoms with Gasteiger partial charge in [-0.3, -0.25) is 9.59 Å². The second-order valence-electron chi connectivity index (χ2n) is 6.07. The highest BCUT2D eigenvalue weighted by Crippen LogP contribution is 2.41. The zero-order valence-electron chi connectivity index (χ0n) is 12.5. The number of hydrogen-bond donors (Lipinski definition) is 0. The van der Waals surface area contributed by atoms with Gasteiger partial charge < -0.3 is 9.80 Å². The summed E-state index contributed by atoms with van der Waals surface area (Å²) in [5.41, 5.74) is 0.587. The summed E-state index contributed by atoms with van der Waals surface area (Å²) in [7, 11) is 0. The fourth-order valence-electron chi connectivity index (χ4n) is 3.62. The van der Waals surface area contributed by atoms with Crippen LogP contribution in [0.5, 0.6) is 0 Å². The SMILES string of the molecule is CCN1CC[C@@]2(CCCN(C(=O)c3ccsc3)CC2)C1=O. The minimum Gasteiger partial charge on any atom is -0.342 e. The molecule has 2 fully saturated rings. The Morgan fingerprint density at radius 3 is 2.76 bits per heavy atom. The summed E-state index contributed by atoms with van der Waals surface area (Å²) in [6, 6.07) is 1.88. The van der Waals surface area contributed by atoms with E-state index in [1.807, 2.05) is 33.6 Å². The Kier molecular flexibility index (Phi) is 4.02. The average Bonchev–Trinajstić information content (AvgIpc) is 3.06. The van der Waals surface area contributed by atoms with Gasteiger partial charge in [0.2, 0.25) is 5.91 Å². The van der Waals surface area contributed by atoms with Crippen molar-refractivity contribution in [2.45, 2.75) is 32.6 Å². The first kappa shape index (κ1) is 14.6. The minimum absolute atomic E-state index is 0.117. The van der Waals surface area contributed by atoms with Crippen molar-refractivity contribution in [3.05, 3.63) is 22.4 Å². The van der Waals surface area contributed by atoms with Crippen LogP contribution in [0.1, 0.15) is 43.0 Å². The van der Waals surface area contributed by atoms with Gasteiger partial charge in [0, 0.05) is 31.6 Å². The number of nitrogens with zero attached hydrogens (tertiary/aromatic N) is 2. The van der Waals surface area contributed by atoms with Gasteiger partial charge in [0.15, 0.2) is 0 Å². The van der Waals surface area contributed by atoms with Crippen LogP contribution < -0.4 is 0 Å². The van der Waals surface area contributed by atoms with Crippen LogP contribution in [0.2, 0.25) is 0 Å². The van der Waals surface area contributed by atoms with Crippen LogP contribution in [-0.2, 0) is 4.79 Å². The molecule has 0 saturated carbocycles. The molecule has 3 heterocycles. The van der Waals surface area contributed by atoms with Crippen LogP contribution in [0.15, 0.2) is 16.8 Å². The van der Waals surface area contributed by atoms with Crippen molar-refractivity contribution in [1.29, 1.82) is 0 Å². The average molecular weight is 306 g/mol. The number of amides is 2.